The zero-order valence-electron chi connectivity index (χ0n) is 15.3. The Morgan fingerprint density at radius 2 is 1.96 bits per heavy atom. The number of H-pyrrole nitrogens is 1. The van der Waals surface area contributed by atoms with Crippen molar-refractivity contribution >= 4 is 22.8 Å². The Morgan fingerprint density at radius 1 is 1.26 bits per heavy atom. The van der Waals surface area contributed by atoms with Crippen molar-refractivity contribution in [2.45, 2.75) is 45.2 Å². The Bertz CT molecular complexity index is 991. The number of carboxylic acids is 1. The first-order valence-electron chi connectivity index (χ1n) is 9.08. The van der Waals surface area contributed by atoms with Gasteiger partial charge in [-0.1, -0.05) is 26.0 Å². The van der Waals surface area contributed by atoms with Crippen LogP contribution in [0.5, 0.6) is 0 Å². The second kappa shape index (κ2) is 7.38. The van der Waals surface area contributed by atoms with Crippen LogP contribution in [0.4, 0.5) is 0 Å². The number of carbonyl (C=O) groups excluding carboxylic acids is 1. The van der Waals surface area contributed by atoms with Gasteiger partial charge in [-0.25, -0.2) is 14.2 Å². The number of aliphatic carboxylic acids is 1. The van der Waals surface area contributed by atoms with Crippen LogP contribution in [0.1, 0.15) is 39.2 Å². The normalized spacial score (nSPS) is 18.2. The van der Waals surface area contributed by atoms with Crippen molar-refractivity contribution in [2.75, 3.05) is 6.54 Å². The third kappa shape index (κ3) is 3.51. The lowest BCUT2D eigenvalue weighted by Crippen LogP contribution is -2.49. The van der Waals surface area contributed by atoms with Gasteiger partial charge >= 0.3 is 11.7 Å². The van der Waals surface area contributed by atoms with Gasteiger partial charge in [0.1, 0.15) is 12.1 Å². The maximum atomic E-state index is 13.2. The number of likely N-dealkylation sites (tertiary alicyclic amines) is 1. The number of amides is 1. The SMILES string of the molecule is CC(C)C[C@@H](C(=O)N1CCC[C@@H]1C(=O)O)n1c(=O)[nH]c2ccccc2c1=O. The largest absolute Gasteiger partial charge is 0.480 e. The molecule has 1 amide bonds. The van der Waals surface area contributed by atoms with Crippen LogP contribution in [0.25, 0.3) is 10.9 Å². The summed E-state index contributed by atoms with van der Waals surface area (Å²) in [6.07, 6.45) is 1.22. The zero-order chi connectivity index (χ0) is 19.7. The van der Waals surface area contributed by atoms with Crippen molar-refractivity contribution in [1.29, 1.82) is 0 Å². The molecule has 8 heteroatoms. The van der Waals surface area contributed by atoms with E-state index in [9.17, 15) is 24.3 Å². The van der Waals surface area contributed by atoms with Gasteiger partial charge in [-0.2, -0.15) is 0 Å². The molecule has 1 saturated heterocycles. The Kier molecular flexibility index (Phi) is 5.16. The first-order chi connectivity index (χ1) is 12.8. The molecule has 1 aromatic heterocycles. The van der Waals surface area contributed by atoms with Crippen LogP contribution in [0, 0.1) is 5.92 Å². The van der Waals surface area contributed by atoms with E-state index in [1.54, 1.807) is 24.3 Å². The summed E-state index contributed by atoms with van der Waals surface area (Å²) in [5.41, 5.74) is -0.799. The number of carboxylic acid groups (broad SMARTS) is 1. The van der Waals surface area contributed by atoms with Gasteiger partial charge in [-0.3, -0.25) is 9.59 Å². The van der Waals surface area contributed by atoms with E-state index >= 15 is 0 Å². The molecule has 0 spiro atoms. The highest BCUT2D eigenvalue weighted by atomic mass is 16.4. The minimum Gasteiger partial charge on any atom is -0.480 e. The van der Waals surface area contributed by atoms with Gasteiger partial charge in [0.05, 0.1) is 10.9 Å². The molecule has 2 aromatic rings. The van der Waals surface area contributed by atoms with Crippen molar-refractivity contribution < 1.29 is 14.7 Å². The zero-order valence-corrected chi connectivity index (χ0v) is 15.3. The summed E-state index contributed by atoms with van der Waals surface area (Å²) in [4.78, 5) is 54.2. The predicted molar refractivity (Wildman–Crippen MR) is 99.7 cm³/mol. The van der Waals surface area contributed by atoms with Gasteiger partial charge in [-0.05, 0) is 37.3 Å². The lowest BCUT2D eigenvalue weighted by Gasteiger charge is -2.28. The van der Waals surface area contributed by atoms with Gasteiger partial charge in [0.15, 0.2) is 0 Å². The van der Waals surface area contributed by atoms with Gasteiger partial charge in [-0.15, -0.1) is 0 Å². The van der Waals surface area contributed by atoms with E-state index in [0.717, 1.165) is 4.57 Å². The first kappa shape index (κ1) is 18.9. The fourth-order valence-electron chi connectivity index (χ4n) is 3.70. The maximum Gasteiger partial charge on any atom is 0.329 e. The number of aromatic nitrogens is 2. The summed E-state index contributed by atoms with van der Waals surface area (Å²) in [6, 6.07) is 4.67. The van der Waals surface area contributed by atoms with Gasteiger partial charge in [0, 0.05) is 6.54 Å². The molecule has 0 bridgehead atoms. The number of fused-ring (bicyclic) bond motifs is 1. The molecule has 1 fully saturated rings. The molecule has 8 nitrogen and oxygen atoms in total. The number of hydrogen-bond donors (Lipinski definition) is 2. The fourth-order valence-corrected chi connectivity index (χ4v) is 3.70. The fraction of sp³-hybridized carbons (Fsp3) is 0.474. The van der Waals surface area contributed by atoms with Crippen molar-refractivity contribution in [2.24, 2.45) is 5.92 Å². The number of hydrogen-bond acceptors (Lipinski definition) is 4. The van der Waals surface area contributed by atoms with Gasteiger partial charge in [0.2, 0.25) is 5.91 Å². The lowest BCUT2D eigenvalue weighted by molar-refractivity contribution is -0.149. The van der Waals surface area contributed by atoms with E-state index in [4.69, 9.17) is 0 Å². The average molecular weight is 373 g/mol. The van der Waals surface area contributed by atoms with Crippen molar-refractivity contribution in [3.8, 4) is 0 Å². The number of para-hydroxylation sites is 1. The van der Waals surface area contributed by atoms with Crippen LogP contribution < -0.4 is 11.2 Å². The molecule has 0 radical (unpaired) electrons. The first-order valence-corrected chi connectivity index (χ1v) is 9.08. The van der Waals surface area contributed by atoms with E-state index in [0.29, 0.717) is 30.3 Å². The molecular formula is C19H23N3O5. The molecule has 3 rings (SSSR count). The summed E-state index contributed by atoms with van der Waals surface area (Å²) in [5.74, 6) is -1.53. The van der Waals surface area contributed by atoms with Crippen LogP contribution in [0.15, 0.2) is 33.9 Å². The molecule has 27 heavy (non-hydrogen) atoms. The smallest absolute Gasteiger partial charge is 0.329 e. The Hall–Kier alpha value is -2.90. The van der Waals surface area contributed by atoms with Crippen LogP contribution in [0.2, 0.25) is 0 Å². The molecule has 1 aromatic carbocycles. The topological polar surface area (TPSA) is 112 Å². The monoisotopic (exact) mass is 373 g/mol. The lowest BCUT2D eigenvalue weighted by atomic mass is 10.0. The predicted octanol–water partition coefficient (Wildman–Crippen LogP) is 1.35. The van der Waals surface area contributed by atoms with Crippen molar-refractivity contribution in [3.63, 3.8) is 0 Å². The van der Waals surface area contributed by atoms with Crippen LogP contribution in [-0.4, -0.2) is 44.0 Å². The van der Waals surface area contributed by atoms with Gasteiger partial charge < -0.3 is 15.0 Å². The number of aromatic amines is 1. The molecule has 0 unspecified atom stereocenters. The van der Waals surface area contributed by atoms with E-state index in [-0.39, 0.29) is 12.3 Å². The van der Waals surface area contributed by atoms with Crippen LogP contribution >= 0.6 is 0 Å². The third-order valence-electron chi connectivity index (χ3n) is 4.95. The minimum absolute atomic E-state index is 0.0302. The molecule has 0 saturated carbocycles. The van der Waals surface area contributed by atoms with E-state index in [1.165, 1.54) is 4.90 Å². The van der Waals surface area contributed by atoms with Crippen molar-refractivity contribution in [3.05, 3.63) is 45.1 Å². The summed E-state index contributed by atoms with van der Waals surface area (Å²) in [5, 5.41) is 9.70. The van der Waals surface area contributed by atoms with E-state index in [1.807, 2.05) is 13.8 Å². The standard InChI is InChI=1S/C19H23N3O5/c1-11(2)10-15(17(24)21-9-5-8-14(21)18(25)26)22-16(23)12-6-3-4-7-13(12)20-19(22)27/h3-4,6-7,11,14-15H,5,8-10H2,1-2H3,(H,20,27)(H,25,26)/t14-,15+/m1/s1. The van der Waals surface area contributed by atoms with Crippen LogP contribution in [-0.2, 0) is 9.59 Å². The number of nitrogens with zero attached hydrogens (tertiary/aromatic N) is 2. The number of nitrogens with one attached hydrogen (secondary N) is 1. The van der Waals surface area contributed by atoms with Crippen LogP contribution in [0.3, 0.4) is 0 Å². The molecule has 2 N–H and O–H groups in total. The van der Waals surface area contributed by atoms with Crippen molar-refractivity contribution in [1.82, 2.24) is 14.5 Å². The highest BCUT2D eigenvalue weighted by molar-refractivity contribution is 5.87. The summed E-state index contributed by atoms with van der Waals surface area (Å²) >= 11 is 0. The second-order valence-corrected chi connectivity index (χ2v) is 7.32. The number of carbonyl (C=O) groups is 2. The Labute approximate surface area is 155 Å². The Balaban J connectivity index is 2.12. The van der Waals surface area contributed by atoms with E-state index < -0.39 is 35.2 Å². The summed E-state index contributed by atoms with van der Waals surface area (Å²) in [7, 11) is 0. The highest BCUT2D eigenvalue weighted by Crippen LogP contribution is 2.25. The second-order valence-electron chi connectivity index (χ2n) is 7.32. The number of rotatable bonds is 5. The average Bonchev–Trinajstić information content (AvgIpc) is 3.10. The molecule has 2 heterocycles. The van der Waals surface area contributed by atoms with Gasteiger partial charge in [0.25, 0.3) is 5.56 Å². The molecule has 0 aliphatic carbocycles. The minimum atomic E-state index is -1.07. The maximum absolute atomic E-state index is 13.2. The highest BCUT2D eigenvalue weighted by Gasteiger charge is 2.38. The molecule has 2 atom stereocenters. The summed E-state index contributed by atoms with van der Waals surface area (Å²) < 4.78 is 0.946. The third-order valence-corrected chi connectivity index (χ3v) is 4.95. The van der Waals surface area contributed by atoms with E-state index in [2.05, 4.69) is 4.98 Å². The molecule has 1 aliphatic heterocycles. The summed E-state index contributed by atoms with van der Waals surface area (Å²) in [6.45, 7) is 4.09. The Morgan fingerprint density at radius 3 is 2.63 bits per heavy atom. The molecule has 144 valence electrons. The molecular weight excluding hydrogens is 350 g/mol. The quantitative estimate of drug-likeness (QED) is 0.822. The molecule has 1 aliphatic rings. The number of benzene rings is 1.